The van der Waals surface area contributed by atoms with Crippen LogP contribution >= 0.6 is 0 Å². The van der Waals surface area contributed by atoms with Gasteiger partial charge in [0.1, 0.15) is 11.8 Å². The van der Waals surface area contributed by atoms with Gasteiger partial charge in [0, 0.05) is 19.1 Å². The molecular weight excluding hydrogens is 320 g/mol. The summed E-state index contributed by atoms with van der Waals surface area (Å²) in [5, 5.41) is 9.43. The van der Waals surface area contributed by atoms with Crippen molar-refractivity contribution in [3.8, 4) is 0 Å². The molecule has 1 saturated heterocycles. The zero-order valence-corrected chi connectivity index (χ0v) is 14.6. The van der Waals surface area contributed by atoms with Crippen LogP contribution in [0.2, 0.25) is 0 Å². The number of hydrogen-bond donors (Lipinski definition) is 1. The summed E-state index contributed by atoms with van der Waals surface area (Å²) in [5.74, 6) is -2.06. The van der Waals surface area contributed by atoms with Gasteiger partial charge in [-0.1, -0.05) is 26.7 Å². The molecular formula is C15H26N2O5S. The first kappa shape index (κ1) is 18.2. The second-order valence-corrected chi connectivity index (χ2v) is 8.31. The Kier molecular flexibility index (Phi) is 5.67. The fourth-order valence-electron chi connectivity index (χ4n) is 3.98. The predicted molar refractivity (Wildman–Crippen MR) is 85.3 cm³/mol. The van der Waals surface area contributed by atoms with Crippen LogP contribution in [0.4, 0.5) is 0 Å². The highest BCUT2D eigenvalue weighted by Gasteiger charge is 2.48. The summed E-state index contributed by atoms with van der Waals surface area (Å²) in [4.78, 5) is 25.5. The molecule has 1 aliphatic carbocycles. The molecule has 2 rings (SSSR count). The normalized spacial score (nSPS) is 28.0. The smallest absolute Gasteiger partial charge is 0.326 e. The number of aliphatic carboxylic acids is 1. The third-order valence-electron chi connectivity index (χ3n) is 5.07. The molecule has 2 aliphatic rings. The van der Waals surface area contributed by atoms with Crippen LogP contribution < -0.4 is 0 Å². The van der Waals surface area contributed by atoms with E-state index in [0.29, 0.717) is 19.5 Å². The summed E-state index contributed by atoms with van der Waals surface area (Å²) < 4.78 is 25.9. The minimum Gasteiger partial charge on any atom is -0.480 e. The minimum atomic E-state index is -3.70. The molecule has 8 heteroatoms. The molecule has 0 radical (unpaired) electrons. The Labute approximate surface area is 137 Å². The van der Waals surface area contributed by atoms with Crippen LogP contribution in [0.1, 0.15) is 46.0 Å². The number of sulfonamides is 1. The van der Waals surface area contributed by atoms with Crippen LogP contribution in [0.25, 0.3) is 0 Å². The molecule has 7 nitrogen and oxygen atoms in total. The molecule has 132 valence electrons. The molecule has 0 unspecified atom stereocenters. The zero-order valence-electron chi connectivity index (χ0n) is 13.8. The van der Waals surface area contributed by atoms with Gasteiger partial charge in [-0.25, -0.2) is 17.5 Å². The number of rotatable bonds is 6. The van der Waals surface area contributed by atoms with Crippen molar-refractivity contribution >= 4 is 21.9 Å². The summed E-state index contributed by atoms with van der Waals surface area (Å²) in [7, 11) is -3.70. The van der Waals surface area contributed by atoms with E-state index in [4.69, 9.17) is 0 Å². The van der Waals surface area contributed by atoms with Gasteiger partial charge in [0.05, 0.1) is 0 Å². The Morgan fingerprint density at radius 3 is 2.35 bits per heavy atom. The van der Waals surface area contributed by atoms with Crippen LogP contribution in [-0.2, 0) is 19.6 Å². The van der Waals surface area contributed by atoms with E-state index in [1.54, 1.807) is 13.8 Å². The highest BCUT2D eigenvalue weighted by Crippen LogP contribution is 2.40. The number of fused-ring (bicyclic) bond motifs is 1. The molecule has 1 aliphatic heterocycles. The number of nitrogens with zero attached hydrogens (tertiary/aromatic N) is 2. The summed E-state index contributed by atoms with van der Waals surface area (Å²) >= 11 is 0. The van der Waals surface area contributed by atoms with Crippen LogP contribution in [0, 0.1) is 5.92 Å². The number of carbonyl (C=O) groups excluding carboxylic acids is 1. The van der Waals surface area contributed by atoms with E-state index in [2.05, 4.69) is 0 Å². The Balaban J connectivity index is 2.19. The van der Waals surface area contributed by atoms with E-state index in [1.807, 2.05) is 0 Å². The van der Waals surface area contributed by atoms with Crippen molar-refractivity contribution < 1.29 is 23.1 Å². The van der Waals surface area contributed by atoms with Crippen molar-refractivity contribution in [3.63, 3.8) is 0 Å². The molecule has 0 bridgehead atoms. The maximum absolute atomic E-state index is 12.6. The molecule has 1 amide bonds. The number of carboxylic acids is 1. The Morgan fingerprint density at radius 1 is 1.17 bits per heavy atom. The number of likely N-dealkylation sites (tertiary alicyclic amines) is 1. The second kappa shape index (κ2) is 7.17. The summed E-state index contributed by atoms with van der Waals surface area (Å²) in [6.45, 7) is 4.05. The monoisotopic (exact) mass is 346 g/mol. The van der Waals surface area contributed by atoms with E-state index in [1.165, 1.54) is 9.21 Å². The van der Waals surface area contributed by atoms with Crippen molar-refractivity contribution in [2.24, 2.45) is 5.92 Å². The average molecular weight is 346 g/mol. The molecule has 1 heterocycles. The lowest BCUT2D eigenvalue weighted by Gasteiger charge is -2.33. The number of hydrogen-bond acceptors (Lipinski definition) is 4. The fourth-order valence-corrected chi connectivity index (χ4v) is 5.41. The van der Waals surface area contributed by atoms with Crippen molar-refractivity contribution in [3.05, 3.63) is 0 Å². The van der Waals surface area contributed by atoms with Crippen molar-refractivity contribution in [1.82, 2.24) is 9.21 Å². The number of amides is 1. The molecule has 1 saturated carbocycles. The molecule has 0 aromatic carbocycles. The first-order chi connectivity index (χ1) is 10.8. The van der Waals surface area contributed by atoms with E-state index in [9.17, 15) is 23.1 Å². The first-order valence-corrected chi connectivity index (χ1v) is 9.94. The van der Waals surface area contributed by atoms with Crippen LogP contribution in [-0.4, -0.2) is 65.5 Å². The Hall–Kier alpha value is -1.15. The highest BCUT2D eigenvalue weighted by atomic mass is 32.2. The average Bonchev–Trinajstić information content (AvgIpc) is 2.87. The largest absolute Gasteiger partial charge is 0.480 e. The van der Waals surface area contributed by atoms with Gasteiger partial charge in [-0.3, -0.25) is 4.79 Å². The number of carbonyl (C=O) groups is 2. The first-order valence-electron chi connectivity index (χ1n) is 8.33. The number of carboxylic acid groups (broad SMARTS) is 1. The summed E-state index contributed by atoms with van der Waals surface area (Å²) in [6.07, 6.45) is 4.14. The van der Waals surface area contributed by atoms with Gasteiger partial charge in [0.25, 0.3) is 0 Å². The highest BCUT2D eigenvalue weighted by molar-refractivity contribution is 7.89. The third-order valence-corrected chi connectivity index (χ3v) is 6.98. The molecule has 0 spiro atoms. The summed E-state index contributed by atoms with van der Waals surface area (Å²) in [5.41, 5.74) is 0. The van der Waals surface area contributed by atoms with E-state index >= 15 is 0 Å². The van der Waals surface area contributed by atoms with E-state index < -0.39 is 33.7 Å². The lowest BCUT2D eigenvalue weighted by molar-refractivity contribution is -0.148. The maximum Gasteiger partial charge on any atom is 0.326 e. The van der Waals surface area contributed by atoms with Crippen molar-refractivity contribution in [1.29, 1.82) is 0 Å². The summed E-state index contributed by atoms with van der Waals surface area (Å²) in [6, 6.07) is -1.01. The molecule has 2 fully saturated rings. The lowest BCUT2D eigenvalue weighted by atomic mass is 9.85. The standard InChI is InChI=1S/C15H26N2O5S/c1-3-16(4-2)23(21,22)10-14(18)17-12-8-6-5-7-11(12)9-13(17)15(19)20/h11-13H,3-10H2,1-2H3,(H,19,20)/t11-,12+,13+/m1/s1. The van der Waals surface area contributed by atoms with Gasteiger partial charge in [-0.2, -0.15) is 0 Å². The van der Waals surface area contributed by atoms with E-state index in [-0.39, 0.29) is 12.0 Å². The molecule has 3 atom stereocenters. The van der Waals surface area contributed by atoms with Crippen molar-refractivity contribution in [2.45, 2.75) is 58.0 Å². The van der Waals surface area contributed by atoms with Crippen LogP contribution in [0.3, 0.4) is 0 Å². The molecule has 0 aromatic heterocycles. The van der Waals surface area contributed by atoms with E-state index in [0.717, 1.165) is 25.7 Å². The fraction of sp³-hybridized carbons (Fsp3) is 0.867. The van der Waals surface area contributed by atoms with Gasteiger partial charge in [-0.15, -0.1) is 0 Å². The van der Waals surface area contributed by atoms with Crippen LogP contribution in [0.5, 0.6) is 0 Å². The zero-order chi connectivity index (χ0) is 17.2. The predicted octanol–water partition coefficient (Wildman–Crippen LogP) is 0.902. The van der Waals surface area contributed by atoms with Crippen LogP contribution in [0.15, 0.2) is 0 Å². The Bertz CT molecular complexity index is 558. The van der Waals surface area contributed by atoms with Gasteiger partial charge in [0.15, 0.2) is 0 Å². The van der Waals surface area contributed by atoms with Gasteiger partial charge in [-0.05, 0) is 25.2 Å². The third kappa shape index (κ3) is 3.68. The van der Waals surface area contributed by atoms with Gasteiger partial charge < -0.3 is 10.0 Å². The SMILES string of the molecule is CCN(CC)S(=O)(=O)CC(=O)N1[C@H](C(=O)O)C[C@H]2CCCC[C@@H]21. The Morgan fingerprint density at radius 2 is 1.78 bits per heavy atom. The van der Waals surface area contributed by atoms with Gasteiger partial charge in [0.2, 0.25) is 15.9 Å². The quantitative estimate of drug-likeness (QED) is 0.771. The van der Waals surface area contributed by atoms with Gasteiger partial charge >= 0.3 is 5.97 Å². The molecule has 0 aromatic rings. The lowest BCUT2D eigenvalue weighted by Crippen LogP contribution is -2.49. The second-order valence-electron chi connectivity index (χ2n) is 6.34. The van der Waals surface area contributed by atoms with Crippen molar-refractivity contribution in [2.75, 3.05) is 18.8 Å². The maximum atomic E-state index is 12.6. The molecule has 1 N–H and O–H groups in total. The topological polar surface area (TPSA) is 95.0 Å². The molecule has 23 heavy (non-hydrogen) atoms. The minimum absolute atomic E-state index is 0.121.